The smallest absolute Gasteiger partial charge is 0.345 e. The molecule has 0 radical (unpaired) electrons. The van der Waals surface area contributed by atoms with Gasteiger partial charge in [-0.05, 0) is 37.8 Å². The highest BCUT2D eigenvalue weighted by molar-refractivity contribution is 6.35. The summed E-state index contributed by atoms with van der Waals surface area (Å²) >= 11 is 12.1. The van der Waals surface area contributed by atoms with Crippen LogP contribution >= 0.6 is 23.2 Å². The molecule has 24 heavy (non-hydrogen) atoms. The number of carbonyl (C=O) groups excluding carboxylic acids is 1. The molecule has 1 unspecified atom stereocenters. The predicted octanol–water partition coefficient (Wildman–Crippen LogP) is 2.96. The molecule has 1 aromatic heterocycles. The summed E-state index contributed by atoms with van der Waals surface area (Å²) in [5.74, 6) is -0.742. The van der Waals surface area contributed by atoms with Gasteiger partial charge >= 0.3 is 5.97 Å². The van der Waals surface area contributed by atoms with Crippen LogP contribution in [0.2, 0.25) is 10.0 Å². The summed E-state index contributed by atoms with van der Waals surface area (Å²) in [6, 6.07) is 4.57. The maximum atomic E-state index is 12.8. The zero-order chi connectivity index (χ0) is 17.2. The third-order valence-electron chi connectivity index (χ3n) is 4.15. The van der Waals surface area contributed by atoms with E-state index in [1.54, 1.807) is 6.07 Å². The topological polar surface area (TPSA) is 77.2 Å². The molecule has 0 spiro atoms. The lowest BCUT2D eigenvalue weighted by Gasteiger charge is -2.28. The van der Waals surface area contributed by atoms with Gasteiger partial charge in [-0.2, -0.15) is 5.10 Å². The molecule has 1 saturated carbocycles. The minimum atomic E-state index is -1.97. The number of esters is 1. The fraction of sp³-hybridized carbons (Fsp3) is 0.438. The van der Waals surface area contributed by atoms with Crippen LogP contribution in [0.4, 0.5) is 0 Å². The Bertz CT molecular complexity index is 717. The molecule has 8 heteroatoms. The Morgan fingerprint density at radius 3 is 2.75 bits per heavy atom. The van der Waals surface area contributed by atoms with Crippen LogP contribution in [-0.4, -0.2) is 31.9 Å². The van der Waals surface area contributed by atoms with Gasteiger partial charge in [0.1, 0.15) is 18.8 Å². The second kappa shape index (κ2) is 7.09. The number of aromatic nitrogens is 3. The highest BCUT2D eigenvalue weighted by atomic mass is 35.5. The van der Waals surface area contributed by atoms with E-state index < -0.39 is 11.6 Å². The van der Waals surface area contributed by atoms with E-state index in [4.69, 9.17) is 27.9 Å². The number of aliphatic hydroxyl groups is 1. The van der Waals surface area contributed by atoms with E-state index in [2.05, 4.69) is 10.1 Å². The molecular weight excluding hydrogens is 353 g/mol. The zero-order valence-electron chi connectivity index (χ0n) is 12.9. The highest BCUT2D eigenvalue weighted by Gasteiger charge is 2.43. The third kappa shape index (κ3) is 3.55. The molecule has 0 bridgehead atoms. The van der Waals surface area contributed by atoms with E-state index in [9.17, 15) is 9.90 Å². The summed E-state index contributed by atoms with van der Waals surface area (Å²) in [7, 11) is 0. The summed E-state index contributed by atoms with van der Waals surface area (Å²) in [5, 5.41) is 15.7. The Balaban J connectivity index is 1.94. The van der Waals surface area contributed by atoms with Crippen molar-refractivity contribution in [3.8, 4) is 0 Å². The molecule has 0 saturated heterocycles. The molecule has 3 rings (SSSR count). The largest absolute Gasteiger partial charge is 0.460 e. The predicted molar refractivity (Wildman–Crippen MR) is 88.7 cm³/mol. The van der Waals surface area contributed by atoms with Crippen LogP contribution in [0, 0.1) is 0 Å². The second-order valence-electron chi connectivity index (χ2n) is 5.89. The van der Waals surface area contributed by atoms with Crippen LogP contribution in [0.5, 0.6) is 0 Å². The molecule has 1 atom stereocenters. The summed E-state index contributed by atoms with van der Waals surface area (Å²) in [4.78, 5) is 16.6. The van der Waals surface area contributed by atoms with Gasteiger partial charge in [0.05, 0.1) is 6.54 Å². The van der Waals surface area contributed by atoms with Crippen molar-refractivity contribution in [3.63, 3.8) is 0 Å². The highest BCUT2D eigenvalue weighted by Crippen LogP contribution is 2.34. The van der Waals surface area contributed by atoms with Gasteiger partial charge in [0.25, 0.3) is 0 Å². The molecule has 1 aliphatic carbocycles. The van der Waals surface area contributed by atoms with Gasteiger partial charge in [-0.25, -0.2) is 14.5 Å². The first-order valence-corrected chi connectivity index (χ1v) is 8.46. The van der Waals surface area contributed by atoms with E-state index in [1.807, 2.05) is 0 Å². The molecule has 1 N–H and O–H groups in total. The Morgan fingerprint density at radius 2 is 2.12 bits per heavy atom. The van der Waals surface area contributed by atoms with Crippen LogP contribution < -0.4 is 0 Å². The molecule has 0 amide bonds. The summed E-state index contributed by atoms with van der Waals surface area (Å²) < 4.78 is 6.88. The van der Waals surface area contributed by atoms with Crippen molar-refractivity contribution >= 4 is 29.2 Å². The normalized spacial score (nSPS) is 17.6. The molecule has 6 nitrogen and oxygen atoms in total. The Labute approximate surface area is 149 Å². The van der Waals surface area contributed by atoms with Crippen LogP contribution in [0.15, 0.2) is 30.9 Å². The molecule has 1 aliphatic rings. The lowest BCUT2D eigenvalue weighted by molar-refractivity contribution is -0.174. The van der Waals surface area contributed by atoms with Crippen molar-refractivity contribution in [1.29, 1.82) is 0 Å². The van der Waals surface area contributed by atoms with E-state index >= 15 is 0 Å². The molecule has 128 valence electrons. The van der Waals surface area contributed by atoms with Gasteiger partial charge in [-0.1, -0.05) is 29.3 Å². The van der Waals surface area contributed by atoms with Crippen molar-refractivity contribution in [2.75, 3.05) is 0 Å². The van der Waals surface area contributed by atoms with Gasteiger partial charge in [0.2, 0.25) is 5.60 Å². The minimum Gasteiger partial charge on any atom is -0.460 e. The Hall–Kier alpha value is -1.63. The van der Waals surface area contributed by atoms with E-state index in [1.165, 1.54) is 29.5 Å². The van der Waals surface area contributed by atoms with Crippen LogP contribution in [-0.2, 0) is 21.7 Å². The Kier molecular flexibility index (Phi) is 5.08. The number of ether oxygens (including phenoxy) is 1. The lowest BCUT2D eigenvalue weighted by atomic mass is 9.93. The molecule has 1 fully saturated rings. The van der Waals surface area contributed by atoms with Gasteiger partial charge in [-0.15, -0.1) is 0 Å². The molecule has 1 heterocycles. The maximum absolute atomic E-state index is 12.8. The molecule has 2 aromatic rings. The molecule has 1 aromatic carbocycles. The number of hydrogen-bond acceptors (Lipinski definition) is 5. The van der Waals surface area contributed by atoms with Crippen molar-refractivity contribution in [1.82, 2.24) is 14.8 Å². The maximum Gasteiger partial charge on any atom is 0.345 e. The summed E-state index contributed by atoms with van der Waals surface area (Å²) in [5.41, 5.74) is -1.75. The van der Waals surface area contributed by atoms with E-state index in [0.29, 0.717) is 5.02 Å². The third-order valence-corrected chi connectivity index (χ3v) is 4.70. The fourth-order valence-corrected chi connectivity index (χ4v) is 3.45. The van der Waals surface area contributed by atoms with Crippen LogP contribution in [0.3, 0.4) is 0 Å². The lowest BCUT2D eigenvalue weighted by Crippen LogP contribution is -2.43. The second-order valence-corrected chi connectivity index (χ2v) is 6.73. The quantitative estimate of drug-likeness (QED) is 0.819. The standard InChI is InChI=1S/C16H17Cl2N3O3/c17-11-5-6-13(14(18)7-11)16(23,8-21-10-19-9-20-21)15(22)24-12-3-1-2-4-12/h5-7,9-10,12,23H,1-4,8H2. The monoisotopic (exact) mass is 369 g/mol. The van der Waals surface area contributed by atoms with Crippen LogP contribution in [0.1, 0.15) is 31.2 Å². The van der Waals surface area contributed by atoms with Gasteiger partial charge in [0, 0.05) is 15.6 Å². The first-order valence-electron chi connectivity index (χ1n) is 7.70. The van der Waals surface area contributed by atoms with Crippen molar-refractivity contribution in [2.24, 2.45) is 0 Å². The SMILES string of the molecule is O=C(OC1CCCC1)C(O)(Cn1cncn1)c1ccc(Cl)cc1Cl. The molecule has 0 aliphatic heterocycles. The number of hydrogen-bond donors (Lipinski definition) is 1. The Morgan fingerprint density at radius 1 is 1.38 bits per heavy atom. The van der Waals surface area contributed by atoms with Gasteiger partial charge in [0.15, 0.2) is 0 Å². The van der Waals surface area contributed by atoms with Crippen LogP contribution in [0.25, 0.3) is 0 Å². The number of benzene rings is 1. The van der Waals surface area contributed by atoms with Crippen molar-refractivity contribution < 1.29 is 14.6 Å². The zero-order valence-corrected chi connectivity index (χ0v) is 14.4. The van der Waals surface area contributed by atoms with Gasteiger partial charge < -0.3 is 9.84 Å². The first kappa shape index (κ1) is 17.2. The van der Waals surface area contributed by atoms with Crippen molar-refractivity contribution in [2.45, 2.75) is 43.9 Å². The minimum absolute atomic E-state index is 0.153. The average Bonchev–Trinajstić information content (AvgIpc) is 3.20. The van der Waals surface area contributed by atoms with E-state index in [0.717, 1.165) is 25.7 Å². The number of rotatable bonds is 5. The molecular formula is C16H17Cl2N3O3. The number of nitrogens with zero attached hydrogens (tertiary/aromatic N) is 3. The first-order chi connectivity index (χ1) is 11.5. The summed E-state index contributed by atoms with van der Waals surface area (Å²) in [6.07, 6.45) is 6.20. The van der Waals surface area contributed by atoms with E-state index in [-0.39, 0.29) is 23.2 Å². The fourth-order valence-electron chi connectivity index (χ4n) is 2.89. The average molecular weight is 370 g/mol. The van der Waals surface area contributed by atoms with Gasteiger partial charge in [-0.3, -0.25) is 0 Å². The van der Waals surface area contributed by atoms with Crippen molar-refractivity contribution in [3.05, 3.63) is 46.5 Å². The number of carbonyl (C=O) groups is 1. The summed E-state index contributed by atoms with van der Waals surface area (Å²) in [6.45, 7) is -0.153. The number of halogens is 2.